The normalized spacial score (nSPS) is 16.0. The number of fused-ring (bicyclic) bond motifs is 1. The van der Waals surface area contributed by atoms with E-state index in [2.05, 4.69) is 20.5 Å². The van der Waals surface area contributed by atoms with E-state index in [0.717, 1.165) is 62.9 Å². The smallest absolute Gasteiger partial charge is 0.243 e. The molecule has 0 saturated carbocycles. The van der Waals surface area contributed by atoms with Gasteiger partial charge in [0.05, 0.1) is 13.2 Å². The number of halogens is 1. The SMILES string of the molecule is CN(C)C(=O)CN=C(NCCc1ccc2c(c1)OCO2)NCCN1CCOCC1.I. The Balaban J connectivity index is 0.00000320. The maximum atomic E-state index is 11.9. The highest BCUT2D eigenvalue weighted by molar-refractivity contribution is 14.0. The van der Waals surface area contributed by atoms with Gasteiger partial charge in [0.1, 0.15) is 6.54 Å². The number of carbonyl (C=O) groups is 1. The standard InChI is InChI=1S/C20H31N5O4.HI/c1-24(2)19(26)14-23-20(22-7-8-25-9-11-27-12-10-25)21-6-5-16-3-4-17-18(13-16)29-15-28-17;/h3-4,13H,5-12,14-15H2,1-2H3,(H2,21,22,23);1H. The number of nitrogens with zero attached hydrogens (tertiary/aromatic N) is 3. The minimum Gasteiger partial charge on any atom is -0.454 e. The molecule has 1 aromatic rings. The molecule has 10 heteroatoms. The van der Waals surface area contributed by atoms with Crippen molar-refractivity contribution in [1.82, 2.24) is 20.4 Å². The molecular weight excluding hydrogens is 501 g/mol. The average Bonchev–Trinajstić information content (AvgIpc) is 3.20. The van der Waals surface area contributed by atoms with E-state index in [9.17, 15) is 4.79 Å². The van der Waals surface area contributed by atoms with Crippen molar-refractivity contribution in [2.45, 2.75) is 6.42 Å². The number of aliphatic imine (C=N–C) groups is 1. The molecular formula is C20H32IN5O4. The highest BCUT2D eigenvalue weighted by Gasteiger charge is 2.13. The molecule has 1 aromatic carbocycles. The molecule has 0 unspecified atom stereocenters. The van der Waals surface area contributed by atoms with Crippen LogP contribution in [0.1, 0.15) is 5.56 Å². The number of hydrogen-bond donors (Lipinski definition) is 2. The van der Waals surface area contributed by atoms with Gasteiger partial charge in [0, 0.05) is 46.8 Å². The van der Waals surface area contributed by atoms with Crippen molar-refractivity contribution >= 4 is 35.8 Å². The van der Waals surface area contributed by atoms with Gasteiger partial charge in [0.15, 0.2) is 17.5 Å². The van der Waals surface area contributed by atoms with Gasteiger partial charge >= 0.3 is 0 Å². The Morgan fingerprint density at radius 2 is 1.87 bits per heavy atom. The van der Waals surface area contributed by atoms with Crippen molar-refractivity contribution < 1.29 is 19.0 Å². The van der Waals surface area contributed by atoms with E-state index >= 15 is 0 Å². The minimum absolute atomic E-state index is 0. The third-order valence-electron chi connectivity index (χ3n) is 4.84. The zero-order valence-electron chi connectivity index (χ0n) is 17.7. The molecule has 0 aliphatic carbocycles. The predicted octanol–water partition coefficient (Wildman–Crippen LogP) is 0.531. The number of rotatable bonds is 8. The molecule has 2 aliphatic heterocycles. The Bertz CT molecular complexity index is 710. The van der Waals surface area contributed by atoms with Crippen molar-refractivity contribution in [3.8, 4) is 11.5 Å². The van der Waals surface area contributed by atoms with Crippen LogP contribution in [0.25, 0.3) is 0 Å². The average molecular weight is 533 g/mol. The molecule has 1 saturated heterocycles. The summed E-state index contributed by atoms with van der Waals surface area (Å²) in [6.07, 6.45) is 0.808. The highest BCUT2D eigenvalue weighted by Crippen LogP contribution is 2.32. The summed E-state index contributed by atoms with van der Waals surface area (Å²) in [4.78, 5) is 20.2. The Kier molecular flexibility index (Phi) is 10.4. The largest absolute Gasteiger partial charge is 0.454 e. The van der Waals surface area contributed by atoms with Crippen LogP contribution < -0.4 is 20.1 Å². The lowest BCUT2D eigenvalue weighted by atomic mass is 10.1. The lowest BCUT2D eigenvalue weighted by molar-refractivity contribution is -0.127. The zero-order valence-corrected chi connectivity index (χ0v) is 20.0. The fraction of sp³-hybridized carbons (Fsp3) is 0.600. The van der Waals surface area contributed by atoms with Crippen LogP contribution in [0.4, 0.5) is 0 Å². The second-order valence-electron chi connectivity index (χ2n) is 7.20. The molecule has 2 heterocycles. The summed E-state index contributed by atoms with van der Waals surface area (Å²) in [5, 5.41) is 6.65. The summed E-state index contributed by atoms with van der Waals surface area (Å²) in [6, 6.07) is 5.97. The topological polar surface area (TPSA) is 87.7 Å². The van der Waals surface area contributed by atoms with E-state index in [4.69, 9.17) is 14.2 Å². The van der Waals surface area contributed by atoms with Crippen LogP contribution in [0.5, 0.6) is 11.5 Å². The molecule has 1 amide bonds. The van der Waals surface area contributed by atoms with Crippen molar-refractivity contribution in [2.75, 3.05) is 73.4 Å². The van der Waals surface area contributed by atoms with Crippen LogP contribution in [0.15, 0.2) is 23.2 Å². The number of guanidine groups is 1. The number of benzene rings is 1. The van der Waals surface area contributed by atoms with Gasteiger partial charge in [-0.2, -0.15) is 0 Å². The molecule has 0 atom stereocenters. The molecule has 1 fully saturated rings. The highest BCUT2D eigenvalue weighted by atomic mass is 127. The third-order valence-corrected chi connectivity index (χ3v) is 4.84. The van der Waals surface area contributed by atoms with Crippen LogP contribution in [-0.2, 0) is 16.0 Å². The van der Waals surface area contributed by atoms with Crippen molar-refractivity contribution in [2.24, 2.45) is 4.99 Å². The van der Waals surface area contributed by atoms with Crippen molar-refractivity contribution in [1.29, 1.82) is 0 Å². The Morgan fingerprint density at radius 3 is 2.63 bits per heavy atom. The van der Waals surface area contributed by atoms with E-state index < -0.39 is 0 Å². The van der Waals surface area contributed by atoms with E-state index in [1.54, 1.807) is 19.0 Å². The maximum absolute atomic E-state index is 11.9. The molecule has 0 spiro atoms. The van der Waals surface area contributed by atoms with Gasteiger partial charge < -0.3 is 29.7 Å². The van der Waals surface area contributed by atoms with Gasteiger partial charge in [0.25, 0.3) is 0 Å². The van der Waals surface area contributed by atoms with Crippen molar-refractivity contribution in [3.63, 3.8) is 0 Å². The molecule has 30 heavy (non-hydrogen) atoms. The number of nitrogens with one attached hydrogen (secondary N) is 2. The summed E-state index contributed by atoms with van der Waals surface area (Å²) >= 11 is 0. The number of hydrogen-bond acceptors (Lipinski definition) is 6. The van der Waals surface area contributed by atoms with E-state index in [-0.39, 0.29) is 43.2 Å². The van der Waals surface area contributed by atoms with Crippen LogP contribution in [-0.4, -0.2) is 95.0 Å². The lowest BCUT2D eigenvalue weighted by Gasteiger charge is -2.26. The van der Waals surface area contributed by atoms with Gasteiger partial charge in [-0.25, -0.2) is 4.99 Å². The zero-order chi connectivity index (χ0) is 20.5. The summed E-state index contributed by atoms with van der Waals surface area (Å²) in [5.41, 5.74) is 1.15. The summed E-state index contributed by atoms with van der Waals surface area (Å²) < 4.78 is 16.2. The second-order valence-corrected chi connectivity index (χ2v) is 7.20. The first kappa shape index (κ1) is 24.5. The number of ether oxygens (including phenoxy) is 3. The molecule has 3 rings (SSSR count). The first-order valence-electron chi connectivity index (χ1n) is 10.0. The number of morpholine rings is 1. The van der Waals surface area contributed by atoms with E-state index in [0.29, 0.717) is 12.5 Å². The van der Waals surface area contributed by atoms with Crippen LogP contribution in [0, 0.1) is 0 Å². The van der Waals surface area contributed by atoms with Gasteiger partial charge in [-0.3, -0.25) is 9.69 Å². The molecule has 168 valence electrons. The van der Waals surface area contributed by atoms with Crippen molar-refractivity contribution in [3.05, 3.63) is 23.8 Å². The third kappa shape index (κ3) is 7.80. The van der Waals surface area contributed by atoms with Crippen LogP contribution in [0.2, 0.25) is 0 Å². The quantitative estimate of drug-likeness (QED) is 0.287. The predicted molar refractivity (Wildman–Crippen MR) is 126 cm³/mol. The van der Waals surface area contributed by atoms with E-state index in [1.165, 1.54) is 0 Å². The van der Waals surface area contributed by atoms with Gasteiger partial charge in [-0.1, -0.05) is 6.07 Å². The molecule has 9 nitrogen and oxygen atoms in total. The van der Waals surface area contributed by atoms with Gasteiger partial charge in [-0.15, -0.1) is 24.0 Å². The fourth-order valence-electron chi connectivity index (χ4n) is 3.04. The molecule has 2 aliphatic rings. The molecule has 0 radical (unpaired) electrons. The molecule has 0 aromatic heterocycles. The monoisotopic (exact) mass is 533 g/mol. The van der Waals surface area contributed by atoms with Crippen LogP contribution in [0.3, 0.4) is 0 Å². The lowest BCUT2D eigenvalue weighted by Crippen LogP contribution is -2.45. The minimum atomic E-state index is -0.0324. The Labute approximate surface area is 195 Å². The number of carbonyl (C=O) groups excluding carboxylic acids is 1. The van der Waals surface area contributed by atoms with E-state index in [1.807, 2.05) is 18.2 Å². The Morgan fingerprint density at radius 1 is 1.13 bits per heavy atom. The number of likely N-dealkylation sites (N-methyl/N-ethyl adjacent to an activating group) is 1. The Hall–Kier alpha value is -1.79. The summed E-state index contributed by atoms with van der Waals surface area (Å²) in [5.74, 6) is 2.19. The van der Waals surface area contributed by atoms with Crippen LogP contribution >= 0.6 is 24.0 Å². The van der Waals surface area contributed by atoms with Gasteiger partial charge in [-0.05, 0) is 24.1 Å². The fourth-order valence-corrected chi connectivity index (χ4v) is 3.04. The molecule has 2 N–H and O–H groups in total. The summed E-state index contributed by atoms with van der Waals surface area (Å²) in [7, 11) is 3.47. The first-order chi connectivity index (χ1) is 14.1. The number of amides is 1. The maximum Gasteiger partial charge on any atom is 0.243 e. The van der Waals surface area contributed by atoms with Gasteiger partial charge in [0.2, 0.25) is 12.7 Å². The molecule has 0 bridgehead atoms. The second kappa shape index (κ2) is 12.8. The first-order valence-corrected chi connectivity index (χ1v) is 10.0. The summed E-state index contributed by atoms with van der Waals surface area (Å²) in [6.45, 7) is 6.22.